The first-order valence-corrected chi connectivity index (χ1v) is 20.1. The number of hydrogen-bond donors (Lipinski definition) is 8. The number of nitrogens with zero attached hydrogens (tertiary/aromatic N) is 1. The minimum Gasteiger partial charge on any atom is -0.394 e. The molecule has 1 aliphatic heterocycles. The number of aliphatic hydroxyl groups is 1. The molecule has 1 aromatic rings. The van der Waals surface area contributed by atoms with Crippen LogP contribution in [0, 0.1) is 17.8 Å². The number of rotatable bonds is 4. The molecule has 17 nitrogen and oxygen atoms in total. The third-order valence-electron chi connectivity index (χ3n) is 5.50. The molecule has 17 heteroatoms. The Labute approximate surface area is 392 Å². The van der Waals surface area contributed by atoms with Crippen molar-refractivity contribution in [2.24, 2.45) is 40.7 Å². The van der Waals surface area contributed by atoms with Gasteiger partial charge in [-0.15, -0.1) is 0 Å². The molecule has 0 atom stereocenters. The molecule has 1 aliphatic rings. The van der Waals surface area contributed by atoms with Gasteiger partial charge in [0.2, 0.25) is 5.91 Å². The topological polar surface area (TPSA) is 369 Å². The molecule has 0 spiro atoms. The molecule has 394 valence electrons. The van der Waals surface area contributed by atoms with Gasteiger partial charge in [-0.1, -0.05) is 133 Å². The molecule has 0 bridgehead atoms. The number of nitrogens with two attached hydrogens (primary N) is 4. The molecule has 0 unspecified atom stereocenters. The van der Waals surface area contributed by atoms with E-state index >= 15 is 0 Å². The van der Waals surface area contributed by atoms with Crippen molar-refractivity contribution in [1.82, 2.24) is 23.4 Å². The summed E-state index contributed by atoms with van der Waals surface area (Å²) in [5.74, 6) is 2.88. The van der Waals surface area contributed by atoms with E-state index in [2.05, 4.69) is 116 Å². The van der Waals surface area contributed by atoms with Crippen LogP contribution in [0.4, 0.5) is 0 Å². The summed E-state index contributed by atoms with van der Waals surface area (Å²) in [6, 6.07) is 10.5. The number of benzene rings is 1. The van der Waals surface area contributed by atoms with Crippen LogP contribution in [0.2, 0.25) is 0 Å². The van der Waals surface area contributed by atoms with Gasteiger partial charge in [-0.2, -0.15) is 0 Å². The number of carbonyl (C=O) groups is 8. The fourth-order valence-electron chi connectivity index (χ4n) is 1.92. The minimum absolute atomic E-state index is 0. The molecule has 2 rings (SSSR count). The van der Waals surface area contributed by atoms with E-state index in [1.54, 1.807) is 20.8 Å². The van der Waals surface area contributed by atoms with E-state index < -0.39 is 0 Å². The van der Waals surface area contributed by atoms with Gasteiger partial charge in [-0.25, -0.2) is 0 Å². The molecule has 1 amide bonds. The average Bonchev–Trinajstić information content (AvgIpc) is 3.35. The summed E-state index contributed by atoms with van der Waals surface area (Å²) >= 11 is 0. The van der Waals surface area contributed by atoms with E-state index in [1.165, 1.54) is 72.3 Å². The van der Waals surface area contributed by atoms with Crippen molar-refractivity contribution in [3.8, 4) is 0 Å². The molecule has 18 N–H and O–H groups in total. The maximum absolute atomic E-state index is 10.7. The van der Waals surface area contributed by atoms with Gasteiger partial charge in [0.15, 0.2) is 0 Å². The molecule has 0 radical (unpaired) electrons. The highest BCUT2D eigenvalue weighted by molar-refractivity contribution is 5.73. The zero-order chi connectivity index (χ0) is 52.9. The van der Waals surface area contributed by atoms with Crippen LogP contribution in [-0.4, -0.2) is 111 Å². The summed E-state index contributed by atoms with van der Waals surface area (Å²) in [6.45, 7) is 47.1. The second kappa shape index (κ2) is 196. The van der Waals surface area contributed by atoms with Crippen LogP contribution in [0.3, 0.4) is 0 Å². The lowest BCUT2D eigenvalue weighted by Gasteiger charge is -2.24. The summed E-state index contributed by atoms with van der Waals surface area (Å²) in [7, 11) is 6.00. The molecular weight excluding hydrogens is 809 g/mol. The highest BCUT2D eigenvalue weighted by atomic mass is 16.3. The summed E-state index contributed by atoms with van der Waals surface area (Å²) < 4.78 is 0. The van der Waals surface area contributed by atoms with Crippen molar-refractivity contribution < 1.29 is 43.5 Å². The second-order valence-corrected chi connectivity index (χ2v) is 10.9. The number of likely N-dealkylation sites (tertiary alicyclic amines) is 1. The predicted octanol–water partition coefficient (Wildman–Crippen LogP) is 8.33. The van der Waals surface area contributed by atoms with Gasteiger partial charge >= 0.3 is 0 Å². The summed E-state index contributed by atoms with van der Waals surface area (Å²) in [4.78, 5) is 68.6. The number of amides is 1. The van der Waals surface area contributed by atoms with Crippen LogP contribution >= 0.6 is 0 Å². The maximum Gasteiger partial charge on any atom is 0.219 e. The monoisotopic (exact) mass is 925 g/mol. The molecule has 1 fully saturated rings. The van der Waals surface area contributed by atoms with Crippen LogP contribution in [0.1, 0.15) is 148 Å². The highest BCUT2D eigenvalue weighted by Crippen LogP contribution is 2.07. The lowest BCUT2D eigenvalue weighted by atomic mass is 10.1. The molecule has 0 saturated carbocycles. The minimum atomic E-state index is -0.167. The van der Waals surface area contributed by atoms with Crippen LogP contribution in [-0.2, 0) is 44.8 Å². The largest absolute Gasteiger partial charge is 0.394 e. The first kappa shape index (κ1) is 124. The third-order valence-corrected chi connectivity index (χ3v) is 5.50. The van der Waals surface area contributed by atoms with Crippen molar-refractivity contribution in [1.29, 1.82) is 0 Å². The SMILES string of the molecule is C=O.C=O.C=O.C=O.C=O.C=O.C=O.CC.CC(=O)N1CCCCC1.CC(C)O.CCC(C)C.CCC(C)C.CCC(C)C.CCc1ccccc1.CN.CN.CN.CN.N.N.N. The zero-order valence-electron chi connectivity index (χ0n) is 45.1. The van der Waals surface area contributed by atoms with Crippen LogP contribution in [0.15, 0.2) is 30.3 Å². The van der Waals surface area contributed by atoms with Gasteiger partial charge in [0, 0.05) is 26.1 Å². The standard InChI is InChI=1S/C8H10.C7H13NO.3C5H12.C3H8O.C2H6.4CH5N.7CH2O.3H3N/c1-2-8-6-4-3-5-7-8;1-7(9)8-5-3-2-4-6-8;3*1-4-5(2)3;1-3(2)4;12*1-2;;;/h3-7H,2H2,1H3;2-6H2,1H3;3*5H,4H2,1-3H3;3-4H,1-2H3;1-2H3;4*2H2,1H3;7*1H2;3*1H3. The van der Waals surface area contributed by atoms with Gasteiger partial charge in [-0.3, -0.25) is 4.79 Å². The van der Waals surface area contributed by atoms with Crippen molar-refractivity contribution in [3.63, 3.8) is 0 Å². The van der Waals surface area contributed by atoms with Gasteiger partial charge in [0.1, 0.15) is 47.5 Å². The van der Waals surface area contributed by atoms with Gasteiger partial charge in [0.05, 0.1) is 0 Å². The first-order chi connectivity index (χ1) is 28.8. The highest BCUT2D eigenvalue weighted by Gasteiger charge is 2.11. The molecule has 63 heavy (non-hydrogen) atoms. The normalized spacial score (nSPS) is 7.78. The number of piperidine rings is 1. The van der Waals surface area contributed by atoms with Crippen molar-refractivity contribution >= 4 is 53.4 Å². The van der Waals surface area contributed by atoms with Gasteiger partial charge in [-0.05, 0) is 91.0 Å². The summed E-state index contributed by atoms with van der Waals surface area (Å²) in [5, 5.41) is 8.06. The average molecular weight is 925 g/mol. The van der Waals surface area contributed by atoms with Crippen LogP contribution < -0.4 is 41.4 Å². The Morgan fingerprint density at radius 2 is 0.683 bits per heavy atom. The lowest BCUT2D eigenvalue weighted by molar-refractivity contribution is -0.129. The van der Waals surface area contributed by atoms with Crippen molar-refractivity contribution in [3.05, 3.63) is 35.9 Å². The quantitative estimate of drug-likeness (QED) is 0.141. The van der Waals surface area contributed by atoms with E-state index in [4.69, 9.17) is 38.7 Å². The van der Waals surface area contributed by atoms with Crippen molar-refractivity contribution in [2.45, 2.75) is 155 Å². The molecule has 1 saturated heterocycles. The van der Waals surface area contributed by atoms with E-state index in [9.17, 15) is 4.79 Å². The fraction of sp³-hybridized carbons (Fsp3) is 0.696. The van der Waals surface area contributed by atoms with E-state index in [1.807, 2.05) is 72.3 Å². The van der Waals surface area contributed by atoms with Crippen LogP contribution in [0.5, 0.6) is 0 Å². The lowest BCUT2D eigenvalue weighted by Crippen LogP contribution is -2.33. The molecule has 1 heterocycles. The Hall–Kier alpha value is -3.94. The number of carbonyl (C=O) groups excluding carboxylic acids is 8. The fourth-order valence-corrected chi connectivity index (χ4v) is 1.92. The Bertz CT molecular complexity index is 629. The smallest absolute Gasteiger partial charge is 0.219 e. The third kappa shape index (κ3) is 315. The summed E-state index contributed by atoms with van der Waals surface area (Å²) in [6.07, 6.45) is 8.57. The predicted molar refractivity (Wildman–Crippen MR) is 281 cm³/mol. The number of aryl methyl sites for hydroxylation is 1. The van der Waals surface area contributed by atoms with E-state index in [0.29, 0.717) is 0 Å². The molecule has 0 aromatic heterocycles. The molecule has 1 aromatic carbocycles. The second-order valence-electron chi connectivity index (χ2n) is 10.9. The zero-order valence-corrected chi connectivity index (χ0v) is 45.1. The molecule has 0 aliphatic carbocycles. The maximum atomic E-state index is 10.7. The van der Waals surface area contributed by atoms with E-state index in [0.717, 1.165) is 37.3 Å². The number of hydrogen-bond acceptors (Lipinski definition) is 16. The molecular formula is C46H116N8O9. The number of aliphatic hydroxyl groups excluding tert-OH is 1. The van der Waals surface area contributed by atoms with Gasteiger partial charge < -0.3 is 85.0 Å². The van der Waals surface area contributed by atoms with Crippen LogP contribution in [0.25, 0.3) is 0 Å². The first-order valence-electron chi connectivity index (χ1n) is 20.1. The van der Waals surface area contributed by atoms with Gasteiger partial charge in [0.25, 0.3) is 0 Å². The Balaban J connectivity index is -0.0000000198. The Morgan fingerprint density at radius 3 is 0.778 bits per heavy atom. The Kier molecular flexibility index (Phi) is 386. The summed E-state index contributed by atoms with van der Waals surface area (Å²) in [5.41, 5.74) is 19.4. The van der Waals surface area contributed by atoms with Crippen molar-refractivity contribution in [2.75, 3.05) is 41.3 Å². The Morgan fingerprint density at radius 1 is 0.508 bits per heavy atom. The van der Waals surface area contributed by atoms with E-state index in [-0.39, 0.29) is 30.5 Å².